The molecule has 0 amide bonds. The van der Waals surface area contributed by atoms with Crippen molar-refractivity contribution in [2.24, 2.45) is 0 Å². The van der Waals surface area contributed by atoms with Gasteiger partial charge < -0.3 is 9.84 Å². The summed E-state index contributed by atoms with van der Waals surface area (Å²) in [5.41, 5.74) is 2.35. The van der Waals surface area contributed by atoms with Crippen molar-refractivity contribution >= 4 is 10.8 Å². The second-order valence-electron chi connectivity index (χ2n) is 4.66. The highest BCUT2D eigenvalue weighted by molar-refractivity contribution is 5.87. The molecule has 3 aromatic carbocycles. The lowest BCUT2D eigenvalue weighted by Gasteiger charge is -2.07. The SMILES string of the molecule is OCCOc1ccc(-c2ccc3ccccc3c2)cc1. The van der Waals surface area contributed by atoms with Crippen molar-refractivity contribution in [2.45, 2.75) is 0 Å². The fraction of sp³-hybridized carbons (Fsp3) is 0.111. The highest BCUT2D eigenvalue weighted by atomic mass is 16.5. The van der Waals surface area contributed by atoms with Gasteiger partial charge in [-0.1, -0.05) is 48.5 Å². The van der Waals surface area contributed by atoms with Crippen LogP contribution in [-0.2, 0) is 0 Å². The van der Waals surface area contributed by atoms with Crippen LogP contribution in [-0.4, -0.2) is 18.3 Å². The Kier molecular flexibility index (Phi) is 3.66. The third kappa shape index (κ3) is 2.65. The van der Waals surface area contributed by atoms with Crippen molar-refractivity contribution < 1.29 is 9.84 Å². The molecule has 20 heavy (non-hydrogen) atoms. The fourth-order valence-corrected chi connectivity index (χ4v) is 2.28. The van der Waals surface area contributed by atoms with Crippen molar-refractivity contribution in [3.63, 3.8) is 0 Å². The van der Waals surface area contributed by atoms with Crippen LogP contribution in [0.4, 0.5) is 0 Å². The average Bonchev–Trinajstić information content (AvgIpc) is 2.53. The first-order valence-corrected chi connectivity index (χ1v) is 6.70. The lowest BCUT2D eigenvalue weighted by Crippen LogP contribution is -2.01. The standard InChI is InChI=1S/C18H16O2/c19-11-12-20-18-9-7-15(8-10-18)17-6-5-14-3-1-2-4-16(14)13-17/h1-10,13,19H,11-12H2. The van der Waals surface area contributed by atoms with E-state index in [1.165, 1.54) is 16.3 Å². The van der Waals surface area contributed by atoms with E-state index in [1.54, 1.807) is 0 Å². The number of aliphatic hydroxyl groups is 1. The molecule has 0 atom stereocenters. The lowest BCUT2D eigenvalue weighted by atomic mass is 10.0. The van der Waals surface area contributed by atoms with E-state index in [0.717, 1.165) is 11.3 Å². The average molecular weight is 264 g/mol. The van der Waals surface area contributed by atoms with Gasteiger partial charge in [0.25, 0.3) is 0 Å². The van der Waals surface area contributed by atoms with Gasteiger partial charge in [-0.05, 0) is 40.1 Å². The van der Waals surface area contributed by atoms with E-state index in [9.17, 15) is 0 Å². The van der Waals surface area contributed by atoms with Crippen LogP contribution in [0.3, 0.4) is 0 Å². The van der Waals surface area contributed by atoms with Gasteiger partial charge in [-0.25, -0.2) is 0 Å². The third-order valence-electron chi connectivity index (χ3n) is 3.30. The Labute approximate surface area is 118 Å². The normalized spacial score (nSPS) is 10.7. The van der Waals surface area contributed by atoms with Crippen LogP contribution in [0.5, 0.6) is 5.75 Å². The van der Waals surface area contributed by atoms with Crippen LogP contribution in [0.25, 0.3) is 21.9 Å². The molecule has 0 saturated heterocycles. The quantitative estimate of drug-likeness (QED) is 0.775. The number of benzene rings is 3. The Morgan fingerprint density at radius 3 is 2.20 bits per heavy atom. The fourth-order valence-electron chi connectivity index (χ4n) is 2.28. The molecule has 0 bridgehead atoms. The number of hydrogen-bond donors (Lipinski definition) is 1. The van der Waals surface area contributed by atoms with Crippen LogP contribution in [0, 0.1) is 0 Å². The summed E-state index contributed by atoms with van der Waals surface area (Å²) < 4.78 is 5.37. The minimum absolute atomic E-state index is 0.0342. The molecule has 0 heterocycles. The molecule has 100 valence electrons. The number of hydrogen-bond acceptors (Lipinski definition) is 2. The van der Waals surface area contributed by atoms with E-state index >= 15 is 0 Å². The smallest absolute Gasteiger partial charge is 0.119 e. The lowest BCUT2D eigenvalue weighted by molar-refractivity contribution is 0.201. The maximum atomic E-state index is 8.74. The largest absolute Gasteiger partial charge is 0.491 e. The van der Waals surface area contributed by atoms with E-state index in [1.807, 2.05) is 24.3 Å². The van der Waals surface area contributed by atoms with E-state index in [0.29, 0.717) is 6.61 Å². The molecule has 0 aromatic heterocycles. The predicted molar refractivity (Wildman–Crippen MR) is 82.0 cm³/mol. The Bertz CT molecular complexity index is 702. The van der Waals surface area contributed by atoms with Crippen LogP contribution in [0.2, 0.25) is 0 Å². The molecule has 0 saturated carbocycles. The van der Waals surface area contributed by atoms with Gasteiger partial charge in [0.15, 0.2) is 0 Å². The third-order valence-corrected chi connectivity index (χ3v) is 3.30. The first kappa shape index (κ1) is 12.7. The topological polar surface area (TPSA) is 29.5 Å². The summed E-state index contributed by atoms with van der Waals surface area (Å²) in [5, 5.41) is 11.2. The second kappa shape index (κ2) is 5.76. The summed E-state index contributed by atoms with van der Waals surface area (Å²) in [6.45, 7) is 0.363. The van der Waals surface area contributed by atoms with Gasteiger partial charge in [0.2, 0.25) is 0 Å². The van der Waals surface area contributed by atoms with Crippen molar-refractivity contribution in [3.05, 3.63) is 66.7 Å². The van der Waals surface area contributed by atoms with Gasteiger partial charge in [-0.3, -0.25) is 0 Å². The molecule has 3 aromatic rings. The molecular formula is C18H16O2. The van der Waals surface area contributed by atoms with Crippen LogP contribution in [0.15, 0.2) is 66.7 Å². The zero-order chi connectivity index (χ0) is 13.8. The van der Waals surface area contributed by atoms with Crippen LogP contribution < -0.4 is 4.74 Å². The molecule has 0 radical (unpaired) electrons. The first-order chi connectivity index (χ1) is 9.86. The van der Waals surface area contributed by atoms with Crippen molar-refractivity contribution in [1.82, 2.24) is 0 Å². The van der Waals surface area contributed by atoms with Crippen LogP contribution >= 0.6 is 0 Å². The maximum Gasteiger partial charge on any atom is 0.119 e. The predicted octanol–water partition coefficient (Wildman–Crippen LogP) is 3.88. The van der Waals surface area contributed by atoms with Gasteiger partial charge in [-0.2, -0.15) is 0 Å². The van der Waals surface area contributed by atoms with Gasteiger partial charge >= 0.3 is 0 Å². The Balaban J connectivity index is 1.90. The zero-order valence-electron chi connectivity index (χ0n) is 11.1. The molecule has 0 fully saturated rings. The molecule has 1 N–H and O–H groups in total. The second-order valence-corrected chi connectivity index (χ2v) is 4.66. The summed E-state index contributed by atoms with van der Waals surface area (Å²) in [4.78, 5) is 0. The molecule has 0 aliphatic heterocycles. The number of rotatable bonds is 4. The van der Waals surface area contributed by atoms with E-state index < -0.39 is 0 Å². The monoisotopic (exact) mass is 264 g/mol. The minimum Gasteiger partial charge on any atom is -0.491 e. The highest BCUT2D eigenvalue weighted by Gasteiger charge is 2.00. The van der Waals surface area contributed by atoms with Crippen molar-refractivity contribution in [3.8, 4) is 16.9 Å². The van der Waals surface area contributed by atoms with Gasteiger partial charge in [0, 0.05) is 0 Å². The number of fused-ring (bicyclic) bond motifs is 1. The minimum atomic E-state index is 0.0342. The molecular weight excluding hydrogens is 248 g/mol. The molecule has 2 heteroatoms. The molecule has 3 rings (SSSR count). The highest BCUT2D eigenvalue weighted by Crippen LogP contribution is 2.26. The number of ether oxygens (including phenoxy) is 1. The molecule has 0 aliphatic carbocycles. The van der Waals surface area contributed by atoms with Crippen molar-refractivity contribution in [1.29, 1.82) is 0 Å². The van der Waals surface area contributed by atoms with Gasteiger partial charge in [0.1, 0.15) is 12.4 Å². The zero-order valence-corrected chi connectivity index (χ0v) is 11.1. The van der Waals surface area contributed by atoms with Crippen molar-refractivity contribution in [2.75, 3.05) is 13.2 Å². The first-order valence-electron chi connectivity index (χ1n) is 6.70. The summed E-state index contributed by atoms with van der Waals surface area (Å²) in [6.07, 6.45) is 0. The molecule has 0 spiro atoms. The maximum absolute atomic E-state index is 8.74. The summed E-state index contributed by atoms with van der Waals surface area (Å²) in [6, 6.07) is 22.7. The molecule has 0 aliphatic rings. The van der Waals surface area contributed by atoms with Gasteiger partial charge in [0.05, 0.1) is 6.61 Å². The van der Waals surface area contributed by atoms with E-state index in [2.05, 4.69) is 42.5 Å². The summed E-state index contributed by atoms with van der Waals surface area (Å²) in [5.74, 6) is 0.781. The molecule has 0 unspecified atom stereocenters. The Morgan fingerprint density at radius 2 is 1.45 bits per heavy atom. The Hall–Kier alpha value is -2.32. The van der Waals surface area contributed by atoms with Gasteiger partial charge in [-0.15, -0.1) is 0 Å². The molecule has 2 nitrogen and oxygen atoms in total. The number of aliphatic hydroxyl groups excluding tert-OH is 1. The Morgan fingerprint density at radius 1 is 0.750 bits per heavy atom. The van der Waals surface area contributed by atoms with Crippen LogP contribution in [0.1, 0.15) is 0 Å². The summed E-state index contributed by atoms with van der Waals surface area (Å²) in [7, 11) is 0. The van der Waals surface area contributed by atoms with E-state index in [4.69, 9.17) is 9.84 Å². The van der Waals surface area contributed by atoms with E-state index in [-0.39, 0.29) is 6.61 Å². The summed E-state index contributed by atoms with van der Waals surface area (Å²) >= 11 is 0.